The minimum Gasteiger partial charge on any atom is -0.384 e. The van der Waals surface area contributed by atoms with Crippen molar-refractivity contribution < 1.29 is 4.74 Å². The second kappa shape index (κ2) is 9.52. The van der Waals surface area contributed by atoms with Crippen molar-refractivity contribution in [2.24, 2.45) is 16.8 Å². The summed E-state index contributed by atoms with van der Waals surface area (Å²) in [4.78, 5) is 6.80. The van der Waals surface area contributed by atoms with Crippen molar-refractivity contribution in [3.63, 3.8) is 0 Å². The van der Waals surface area contributed by atoms with Crippen LogP contribution in [0.4, 0.5) is 5.69 Å². The molecule has 5 heteroatoms. The highest BCUT2D eigenvalue weighted by molar-refractivity contribution is 5.80. The van der Waals surface area contributed by atoms with Gasteiger partial charge in [-0.25, -0.2) is 0 Å². The van der Waals surface area contributed by atoms with Crippen LogP contribution in [0, 0.1) is 11.8 Å². The number of nitrogens with zero attached hydrogens (tertiary/aromatic N) is 2. The quantitative estimate of drug-likeness (QED) is 0.595. The number of hydrogen-bond acceptors (Lipinski definition) is 3. The molecule has 0 aromatic heterocycles. The summed E-state index contributed by atoms with van der Waals surface area (Å²) in [6.07, 6.45) is 1.17. The molecule has 1 aromatic rings. The summed E-state index contributed by atoms with van der Waals surface area (Å²) in [6, 6.07) is 10.7. The second-order valence-electron chi connectivity index (χ2n) is 6.85. The van der Waals surface area contributed by atoms with Crippen LogP contribution in [0.15, 0.2) is 35.3 Å². The van der Waals surface area contributed by atoms with Crippen LogP contribution >= 0.6 is 0 Å². The van der Waals surface area contributed by atoms with E-state index in [9.17, 15) is 0 Å². The lowest BCUT2D eigenvalue weighted by molar-refractivity contribution is 0.157. The van der Waals surface area contributed by atoms with Crippen LogP contribution in [-0.4, -0.2) is 57.3 Å². The zero-order chi connectivity index (χ0) is 17.4. The van der Waals surface area contributed by atoms with Crippen LogP contribution in [-0.2, 0) is 4.74 Å². The molecule has 5 nitrogen and oxygen atoms in total. The van der Waals surface area contributed by atoms with Gasteiger partial charge in [0.15, 0.2) is 5.96 Å². The summed E-state index contributed by atoms with van der Waals surface area (Å²) in [6.45, 7) is 8.24. The van der Waals surface area contributed by atoms with E-state index in [1.807, 2.05) is 13.1 Å². The van der Waals surface area contributed by atoms with Gasteiger partial charge in [0.2, 0.25) is 0 Å². The van der Waals surface area contributed by atoms with Crippen molar-refractivity contribution in [2.45, 2.75) is 26.3 Å². The smallest absolute Gasteiger partial charge is 0.193 e. The van der Waals surface area contributed by atoms with Gasteiger partial charge in [-0.1, -0.05) is 32.0 Å². The number of benzene rings is 1. The Labute approximate surface area is 146 Å². The summed E-state index contributed by atoms with van der Waals surface area (Å²) in [5.41, 5.74) is 1.16. The zero-order valence-corrected chi connectivity index (χ0v) is 15.5. The predicted octanol–water partition coefficient (Wildman–Crippen LogP) is 2.67. The van der Waals surface area contributed by atoms with E-state index >= 15 is 0 Å². The number of aliphatic imine (C=N–C) groups is 1. The first-order valence-corrected chi connectivity index (χ1v) is 8.90. The van der Waals surface area contributed by atoms with E-state index in [0.717, 1.165) is 37.9 Å². The average molecular weight is 332 g/mol. The van der Waals surface area contributed by atoms with Crippen LogP contribution in [0.5, 0.6) is 0 Å². The number of guanidine groups is 1. The van der Waals surface area contributed by atoms with Crippen molar-refractivity contribution in [1.82, 2.24) is 10.2 Å². The highest BCUT2D eigenvalue weighted by Crippen LogP contribution is 2.17. The topological polar surface area (TPSA) is 48.9 Å². The lowest BCUT2D eigenvalue weighted by atomic mass is 10.0. The van der Waals surface area contributed by atoms with E-state index in [-0.39, 0.29) is 0 Å². The molecule has 0 spiro atoms. The normalized spacial score (nSPS) is 19.6. The van der Waals surface area contributed by atoms with E-state index < -0.39 is 0 Å². The van der Waals surface area contributed by atoms with Crippen molar-refractivity contribution >= 4 is 11.6 Å². The third kappa shape index (κ3) is 5.41. The van der Waals surface area contributed by atoms with Gasteiger partial charge >= 0.3 is 0 Å². The molecule has 0 saturated carbocycles. The Balaban J connectivity index is 1.88. The molecule has 0 bridgehead atoms. The number of methoxy groups -OCH3 is 1. The zero-order valence-electron chi connectivity index (χ0n) is 15.5. The third-order valence-corrected chi connectivity index (χ3v) is 4.61. The first kappa shape index (κ1) is 18.6. The first-order valence-electron chi connectivity index (χ1n) is 8.90. The summed E-state index contributed by atoms with van der Waals surface area (Å²) in [5.74, 6) is 2.13. The van der Waals surface area contributed by atoms with Gasteiger partial charge in [0, 0.05) is 51.4 Å². The molecule has 2 unspecified atom stereocenters. The molecular formula is C19H32N4O. The van der Waals surface area contributed by atoms with Crippen molar-refractivity contribution in [3.8, 4) is 0 Å². The number of nitrogens with one attached hydrogen (secondary N) is 2. The van der Waals surface area contributed by atoms with E-state index in [0.29, 0.717) is 17.9 Å². The number of hydrogen-bond donors (Lipinski definition) is 2. The second-order valence-corrected chi connectivity index (χ2v) is 6.85. The molecule has 0 aliphatic carbocycles. The number of anilines is 1. The fourth-order valence-electron chi connectivity index (χ4n) is 3.13. The Hall–Kier alpha value is -1.75. The Kier molecular flexibility index (Phi) is 7.37. The Morgan fingerprint density at radius 1 is 1.33 bits per heavy atom. The molecule has 1 saturated heterocycles. The van der Waals surface area contributed by atoms with Gasteiger partial charge in [-0.05, 0) is 24.5 Å². The van der Waals surface area contributed by atoms with E-state index in [4.69, 9.17) is 4.74 Å². The predicted molar refractivity (Wildman–Crippen MR) is 102 cm³/mol. The standard InChI is InChI=1S/C19H32N4O/c1-15(2)18(22-17-8-6-5-7-9-17)12-21-19(20-3)23-11-10-16(13-23)14-24-4/h5-9,15-16,18,22H,10-14H2,1-4H3,(H,20,21). The van der Waals surface area contributed by atoms with E-state index in [2.05, 4.69) is 58.6 Å². The van der Waals surface area contributed by atoms with Gasteiger partial charge in [0.1, 0.15) is 0 Å². The van der Waals surface area contributed by atoms with Gasteiger partial charge in [-0.15, -0.1) is 0 Å². The SMILES string of the molecule is CN=C(NCC(Nc1ccccc1)C(C)C)N1CCC(COC)C1. The maximum Gasteiger partial charge on any atom is 0.193 e. The van der Waals surface area contributed by atoms with Gasteiger partial charge in [-0.3, -0.25) is 4.99 Å². The fraction of sp³-hybridized carbons (Fsp3) is 0.632. The Bertz CT molecular complexity index is 503. The molecule has 1 aliphatic rings. The molecule has 134 valence electrons. The lowest BCUT2D eigenvalue weighted by Gasteiger charge is -2.27. The molecule has 1 heterocycles. The molecule has 1 aliphatic heterocycles. The van der Waals surface area contributed by atoms with Crippen molar-refractivity contribution in [3.05, 3.63) is 30.3 Å². The van der Waals surface area contributed by atoms with Crippen LogP contribution in [0.2, 0.25) is 0 Å². The molecule has 2 N–H and O–H groups in total. The van der Waals surface area contributed by atoms with Gasteiger partial charge in [-0.2, -0.15) is 0 Å². The molecule has 1 aromatic carbocycles. The minimum atomic E-state index is 0.349. The number of likely N-dealkylation sites (tertiary alicyclic amines) is 1. The average Bonchev–Trinajstić information content (AvgIpc) is 3.04. The molecule has 24 heavy (non-hydrogen) atoms. The van der Waals surface area contributed by atoms with Crippen LogP contribution in [0.3, 0.4) is 0 Å². The highest BCUT2D eigenvalue weighted by Gasteiger charge is 2.25. The molecule has 2 atom stereocenters. The Morgan fingerprint density at radius 3 is 2.71 bits per heavy atom. The van der Waals surface area contributed by atoms with Crippen molar-refractivity contribution in [1.29, 1.82) is 0 Å². The fourth-order valence-corrected chi connectivity index (χ4v) is 3.13. The molecule has 1 fully saturated rings. The maximum atomic E-state index is 5.29. The first-order chi connectivity index (χ1) is 11.6. The lowest BCUT2D eigenvalue weighted by Crippen LogP contribution is -2.46. The maximum absolute atomic E-state index is 5.29. The molecule has 2 rings (SSSR count). The van der Waals surface area contributed by atoms with Crippen LogP contribution in [0.1, 0.15) is 20.3 Å². The minimum absolute atomic E-state index is 0.349. The van der Waals surface area contributed by atoms with Gasteiger partial charge in [0.25, 0.3) is 0 Å². The molecule has 0 radical (unpaired) electrons. The number of ether oxygens (including phenoxy) is 1. The highest BCUT2D eigenvalue weighted by atomic mass is 16.5. The summed E-state index contributed by atoms with van der Waals surface area (Å²) in [7, 11) is 3.64. The third-order valence-electron chi connectivity index (χ3n) is 4.61. The number of rotatable bonds is 7. The summed E-state index contributed by atoms with van der Waals surface area (Å²) >= 11 is 0. The molecule has 0 amide bonds. The number of para-hydroxylation sites is 1. The Morgan fingerprint density at radius 2 is 2.08 bits per heavy atom. The van der Waals surface area contributed by atoms with Gasteiger partial charge in [0.05, 0.1) is 6.61 Å². The van der Waals surface area contributed by atoms with Gasteiger partial charge < -0.3 is 20.3 Å². The van der Waals surface area contributed by atoms with Crippen LogP contribution in [0.25, 0.3) is 0 Å². The molecular weight excluding hydrogens is 300 g/mol. The van der Waals surface area contributed by atoms with E-state index in [1.165, 1.54) is 6.42 Å². The van der Waals surface area contributed by atoms with Crippen molar-refractivity contribution in [2.75, 3.05) is 45.7 Å². The monoisotopic (exact) mass is 332 g/mol. The largest absolute Gasteiger partial charge is 0.384 e. The van der Waals surface area contributed by atoms with Crippen LogP contribution < -0.4 is 10.6 Å². The summed E-state index contributed by atoms with van der Waals surface area (Å²) in [5, 5.41) is 7.17. The summed E-state index contributed by atoms with van der Waals surface area (Å²) < 4.78 is 5.29. The van der Waals surface area contributed by atoms with E-state index in [1.54, 1.807) is 7.11 Å².